The lowest BCUT2D eigenvalue weighted by Gasteiger charge is -2.25. The molecule has 19 heavy (non-hydrogen) atoms. The highest BCUT2D eigenvalue weighted by molar-refractivity contribution is 5.06. The molecular formula is C15H28N4. The third-order valence-electron chi connectivity index (χ3n) is 4.00. The summed E-state index contributed by atoms with van der Waals surface area (Å²) in [4.78, 5) is 6.85. The van der Waals surface area contributed by atoms with Gasteiger partial charge in [0.05, 0.1) is 12.0 Å². The van der Waals surface area contributed by atoms with Gasteiger partial charge in [0.15, 0.2) is 0 Å². The van der Waals surface area contributed by atoms with Crippen molar-refractivity contribution in [3.05, 3.63) is 18.2 Å². The summed E-state index contributed by atoms with van der Waals surface area (Å²) in [7, 11) is 0. The molecule has 2 unspecified atom stereocenters. The molecule has 2 heterocycles. The molecule has 0 aromatic carbocycles. The monoisotopic (exact) mass is 264 g/mol. The lowest BCUT2D eigenvalue weighted by Crippen LogP contribution is -2.28. The van der Waals surface area contributed by atoms with Crippen molar-refractivity contribution in [2.45, 2.75) is 52.1 Å². The van der Waals surface area contributed by atoms with Gasteiger partial charge in [0.2, 0.25) is 0 Å². The van der Waals surface area contributed by atoms with Gasteiger partial charge in [-0.15, -0.1) is 0 Å². The SMILES string of the molecule is CC(C)CC(N)c1cncn1C(C)CN1CCCC1. The Bertz CT molecular complexity index is 379. The van der Waals surface area contributed by atoms with Crippen molar-refractivity contribution >= 4 is 0 Å². The Morgan fingerprint density at radius 2 is 1.95 bits per heavy atom. The van der Waals surface area contributed by atoms with Crippen molar-refractivity contribution in [1.29, 1.82) is 0 Å². The molecule has 2 N–H and O–H groups in total. The minimum absolute atomic E-state index is 0.100. The molecule has 0 bridgehead atoms. The fraction of sp³-hybridized carbons (Fsp3) is 0.800. The molecule has 0 aliphatic carbocycles. The smallest absolute Gasteiger partial charge is 0.0951 e. The summed E-state index contributed by atoms with van der Waals surface area (Å²) < 4.78 is 2.27. The topological polar surface area (TPSA) is 47.1 Å². The van der Waals surface area contributed by atoms with Crippen molar-refractivity contribution in [3.8, 4) is 0 Å². The second-order valence-corrected chi connectivity index (χ2v) is 6.32. The van der Waals surface area contributed by atoms with Crippen LogP contribution >= 0.6 is 0 Å². The van der Waals surface area contributed by atoms with Crippen LogP contribution in [0.2, 0.25) is 0 Å². The van der Waals surface area contributed by atoms with Gasteiger partial charge in [-0.25, -0.2) is 4.98 Å². The first-order chi connectivity index (χ1) is 9.08. The largest absolute Gasteiger partial charge is 0.329 e. The summed E-state index contributed by atoms with van der Waals surface area (Å²) in [5.41, 5.74) is 7.49. The van der Waals surface area contributed by atoms with Gasteiger partial charge >= 0.3 is 0 Å². The van der Waals surface area contributed by atoms with E-state index in [1.807, 2.05) is 12.5 Å². The molecule has 0 spiro atoms. The van der Waals surface area contributed by atoms with E-state index in [1.165, 1.54) is 31.6 Å². The van der Waals surface area contributed by atoms with Crippen LogP contribution in [0.1, 0.15) is 57.8 Å². The Kier molecular flexibility index (Phi) is 4.99. The summed E-state index contributed by atoms with van der Waals surface area (Å²) in [5, 5.41) is 0. The Morgan fingerprint density at radius 1 is 1.26 bits per heavy atom. The first-order valence-corrected chi connectivity index (χ1v) is 7.57. The van der Waals surface area contributed by atoms with Crippen LogP contribution in [0.25, 0.3) is 0 Å². The van der Waals surface area contributed by atoms with Gasteiger partial charge in [-0.2, -0.15) is 0 Å². The van der Waals surface area contributed by atoms with E-state index in [1.54, 1.807) is 0 Å². The predicted octanol–water partition coefficient (Wildman–Crippen LogP) is 2.59. The zero-order chi connectivity index (χ0) is 13.8. The minimum atomic E-state index is 0.100. The van der Waals surface area contributed by atoms with E-state index >= 15 is 0 Å². The van der Waals surface area contributed by atoms with Crippen molar-refractivity contribution in [2.24, 2.45) is 11.7 Å². The van der Waals surface area contributed by atoms with Gasteiger partial charge in [0.1, 0.15) is 0 Å². The number of likely N-dealkylation sites (tertiary alicyclic amines) is 1. The van der Waals surface area contributed by atoms with E-state index in [2.05, 4.69) is 35.2 Å². The molecule has 1 aliphatic rings. The van der Waals surface area contributed by atoms with Crippen LogP contribution in [0, 0.1) is 5.92 Å². The van der Waals surface area contributed by atoms with Crippen LogP contribution < -0.4 is 5.73 Å². The molecule has 2 atom stereocenters. The average molecular weight is 264 g/mol. The maximum Gasteiger partial charge on any atom is 0.0951 e. The molecule has 108 valence electrons. The average Bonchev–Trinajstić information content (AvgIpc) is 2.97. The van der Waals surface area contributed by atoms with Crippen molar-refractivity contribution in [3.63, 3.8) is 0 Å². The van der Waals surface area contributed by atoms with Gasteiger partial charge in [0.25, 0.3) is 0 Å². The summed E-state index contributed by atoms with van der Waals surface area (Å²) in [6, 6.07) is 0.553. The second kappa shape index (κ2) is 6.53. The molecule has 4 heteroatoms. The Labute approximate surface area is 117 Å². The molecule has 0 saturated carbocycles. The number of imidazole rings is 1. The number of hydrogen-bond acceptors (Lipinski definition) is 3. The minimum Gasteiger partial charge on any atom is -0.329 e. The molecule has 1 aromatic heterocycles. The maximum absolute atomic E-state index is 6.31. The predicted molar refractivity (Wildman–Crippen MR) is 79.0 cm³/mol. The van der Waals surface area contributed by atoms with E-state index in [9.17, 15) is 0 Å². The third-order valence-corrected chi connectivity index (χ3v) is 4.00. The number of aromatic nitrogens is 2. The van der Waals surface area contributed by atoms with E-state index in [-0.39, 0.29) is 6.04 Å². The Hall–Kier alpha value is -0.870. The number of nitrogens with zero attached hydrogens (tertiary/aromatic N) is 3. The first-order valence-electron chi connectivity index (χ1n) is 7.57. The maximum atomic E-state index is 6.31. The quantitative estimate of drug-likeness (QED) is 0.859. The van der Waals surface area contributed by atoms with Crippen LogP contribution in [-0.2, 0) is 0 Å². The number of rotatable bonds is 6. The zero-order valence-electron chi connectivity index (χ0n) is 12.5. The fourth-order valence-corrected chi connectivity index (χ4v) is 3.03. The Balaban J connectivity index is 2.00. The molecule has 0 radical (unpaired) electrons. The van der Waals surface area contributed by atoms with Gasteiger partial charge in [-0.3, -0.25) is 0 Å². The van der Waals surface area contributed by atoms with E-state index in [0.29, 0.717) is 12.0 Å². The summed E-state index contributed by atoms with van der Waals surface area (Å²) in [6.07, 6.45) is 7.58. The molecule has 4 nitrogen and oxygen atoms in total. The van der Waals surface area contributed by atoms with E-state index < -0.39 is 0 Å². The highest BCUT2D eigenvalue weighted by Crippen LogP contribution is 2.22. The lowest BCUT2D eigenvalue weighted by atomic mass is 10.0. The molecule has 1 aliphatic heterocycles. The molecular weight excluding hydrogens is 236 g/mol. The van der Waals surface area contributed by atoms with Gasteiger partial charge in [-0.05, 0) is 45.2 Å². The number of hydrogen-bond donors (Lipinski definition) is 1. The highest BCUT2D eigenvalue weighted by Gasteiger charge is 2.19. The van der Waals surface area contributed by atoms with Crippen LogP contribution in [-0.4, -0.2) is 34.1 Å². The standard InChI is InChI=1S/C15H28N4/c1-12(2)8-14(16)15-9-17-11-19(15)13(3)10-18-6-4-5-7-18/h9,11-14H,4-8,10,16H2,1-3H3. The zero-order valence-corrected chi connectivity index (χ0v) is 12.5. The van der Waals surface area contributed by atoms with Crippen LogP contribution in [0.5, 0.6) is 0 Å². The summed E-state index contributed by atoms with van der Waals surface area (Å²) in [5.74, 6) is 0.618. The first kappa shape index (κ1) is 14.5. The van der Waals surface area contributed by atoms with Gasteiger partial charge in [0, 0.05) is 24.8 Å². The van der Waals surface area contributed by atoms with Crippen LogP contribution in [0.15, 0.2) is 12.5 Å². The van der Waals surface area contributed by atoms with Crippen LogP contribution in [0.4, 0.5) is 0 Å². The fourth-order valence-electron chi connectivity index (χ4n) is 3.03. The lowest BCUT2D eigenvalue weighted by molar-refractivity contribution is 0.282. The molecule has 0 amide bonds. The van der Waals surface area contributed by atoms with Gasteiger partial charge < -0.3 is 15.2 Å². The van der Waals surface area contributed by atoms with E-state index in [0.717, 1.165) is 13.0 Å². The summed E-state index contributed by atoms with van der Waals surface area (Å²) >= 11 is 0. The third kappa shape index (κ3) is 3.80. The summed E-state index contributed by atoms with van der Waals surface area (Å²) in [6.45, 7) is 10.3. The molecule has 1 fully saturated rings. The Morgan fingerprint density at radius 3 is 2.58 bits per heavy atom. The second-order valence-electron chi connectivity index (χ2n) is 6.32. The van der Waals surface area contributed by atoms with Crippen molar-refractivity contribution in [2.75, 3.05) is 19.6 Å². The normalized spacial score (nSPS) is 20.1. The molecule has 1 aromatic rings. The molecule has 2 rings (SSSR count). The van der Waals surface area contributed by atoms with Crippen molar-refractivity contribution < 1.29 is 0 Å². The van der Waals surface area contributed by atoms with Gasteiger partial charge in [-0.1, -0.05) is 13.8 Å². The van der Waals surface area contributed by atoms with E-state index in [4.69, 9.17) is 5.73 Å². The highest BCUT2D eigenvalue weighted by atomic mass is 15.2. The number of nitrogens with two attached hydrogens (primary N) is 1. The molecule has 1 saturated heterocycles. The van der Waals surface area contributed by atoms with Crippen molar-refractivity contribution in [1.82, 2.24) is 14.5 Å². The van der Waals surface area contributed by atoms with Crippen LogP contribution in [0.3, 0.4) is 0 Å².